The van der Waals surface area contributed by atoms with E-state index < -0.39 is 15.4 Å². The molecule has 1 atom stereocenters. The van der Waals surface area contributed by atoms with Crippen LogP contribution < -0.4 is 11.1 Å². The predicted octanol–water partition coefficient (Wildman–Crippen LogP) is -0.725. The van der Waals surface area contributed by atoms with Crippen LogP contribution in [0, 0.1) is 0 Å². The Kier molecular flexibility index (Phi) is 4.54. The van der Waals surface area contributed by atoms with Gasteiger partial charge in [-0.1, -0.05) is 6.92 Å². The van der Waals surface area contributed by atoms with E-state index in [1.807, 2.05) is 0 Å². The predicted molar refractivity (Wildman–Crippen MR) is 55.6 cm³/mol. The molecule has 0 aromatic rings. The molecule has 3 N–H and O–H groups in total. The first-order valence-electron chi connectivity index (χ1n) is 4.44. The van der Waals surface area contributed by atoms with Crippen LogP contribution in [0.3, 0.4) is 0 Å². The maximum absolute atomic E-state index is 11.4. The van der Waals surface area contributed by atoms with Crippen LogP contribution in [-0.2, 0) is 14.6 Å². The van der Waals surface area contributed by atoms with Crippen molar-refractivity contribution in [3.05, 3.63) is 0 Å². The molecule has 0 spiro atoms. The highest BCUT2D eigenvalue weighted by Gasteiger charge is 2.25. The minimum Gasteiger partial charge on any atom is -0.353 e. The maximum atomic E-state index is 11.4. The maximum Gasteiger partial charge on any atom is 0.239 e. The lowest BCUT2D eigenvalue weighted by Gasteiger charge is -2.21. The van der Waals surface area contributed by atoms with Gasteiger partial charge in [0, 0.05) is 12.8 Å². The number of carbonyl (C=O) groups is 1. The van der Waals surface area contributed by atoms with Gasteiger partial charge in [0.2, 0.25) is 5.91 Å². The summed E-state index contributed by atoms with van der Waals surface area (Å²) in [5.41, 5.74) is 4.73. The van der Waals surface area contributed by atoms with E-state index in [4.69, 9.17) is 5.73 Å². The van der Waals surface area contributed by atoms with Crippen LogP contribution in [0.25, 0.3) is 0 Å². The summed E-state index contributed by atoms with van der Waals surface area (Å²) in [6, 6.07) is 0. The molecule has 0 radical (unpaired) electrons. The first kappa shape index (κ1) is 13.4. The van der Waals surface area contributed by atoms with Crippen molar-refractivity contribution in [2.24, 2.45) is 5.73 Å². The third kappa shape index (κ3) is 5.18. The van der Waals surface area contributed by atoms with Gasteiger partial charge in [-0.3, -0.25) is 4.79 Å². The Labute approximate surface area is 85.0 Å². The first-order valence-corrected chi connectivity index (χ1v) is 6.50. The smallest absolute Gasteiger partial charge is 0.239 e. The van der Waals surface area contributed by atoms with Crippen molar-refractivity contribution in [1.82, 2.24) is 5.32 Å². The summed E-state index contributed by atoms with van der Waals surface area (Å²) in [7, 11) is -3.03. The van der Waals surface area contributed by atoms with E-state index in [1.54, 1.807) is 13.8 Å². The van der Waals surface area contributed by atoms with E-state index in [0.717, 1.165) is 6.26 Å². The molecule has 0 aromatic carbocycles. The van der Waals surface area contributed by atoms with Crippen LogP contribution in [0.4, 0.5) is 0 Å². The molecule has 1 unspecified atom stereocenters. The molecule has 1 amide bonds. The molecular weight excluding hydrogens is 204 g/mol. The van der Waals surface area contributed by atoms with Gasteiger partial charge in [0.1, 0.15) is 9.84 Å². The highest BCUT2D eigenvalue weighted by atomic mass is 32.2. The number of carbonyl (C=O) groups excluding carboxylic acids is 1. The van der Waals surface area contributed by atoms with Crippen molar-refractivity contribution in [3.63, 3.8) is 0 Å². The summed E-state index contributed by atoms with van der Waals surface area (Å²) in [5.74, 6) is -0.373. The van der Waals surface area contributed by atoms with Crippen LogP contribution in [0.1, 0.15) is 20.3 Å². The van der Waals surface area contributed by atoms with Gasteiger partial charge >= 0.3 is 0 Å². The molecule has 0 bridgehead atoms. The average molecular weight is 222 g/mol. The van der Waals surface area contributed by atoms with Crippen LogP contribution in [0.15, 0.2) is 0 Å². The second kappa shape index (κ2) is 4.75. The summed E-state index contributed by atoms with van der Waals surface area (Å²) in [6.45, 7) is 3.53. The zero-order valence-corrected chi connectivity index (χ0v) is 9.65. The minimum atomic E-state index is -3.03. The zero-order chi connectivity index (χ0) is 11.4. The van der Waals surface area contributed by atoms with E-state index in [2.05, 4.69) is 5.32 Å². The normalized spacial score (nSPS) is 16.0. The van der Waals surface area contributed by atoms with Gasteiger partial charge in [0.15, 0.2) is 0 Å². The molecule has 0 aliphatic rings. The Balaban J connectivity index is 3.99. The van der Waals surface area contributed by atoms with E-state index >= 15 is 0 Å². The average Bonchev–Trinajstić information content (AvgIpc) is 2.02. The number of nitrogens with one attached hydrogen (secondary N) is 1. The topological polar surface area (TPSA) is 89.3 Å². The Morgan fingerprint density at radius 2 is 2.00 bits per heavy atom. The fourth-order valence-corrected chi connectivity index (χ4v) is 1.19. The lowest BCUT2D eigenvalue weighted by Crippen LogP contribution is -2.51. The summed E-state index contributed by atoms with van der Waals surface area (Å²) in [6.07, 6.45) is 1.64. The molecule has 0 aliphatic carbocycles. The van der Waals surface area contributed by atoms with E-state index in [0.29, 0.717) is 6.42 Å². The van der Waals surface area contributed by atoms with Crippen LogP contribution in [-0.4, -0.2) is 38.4 Å². The van der Waals surface area contributed by atoms with Crippen molar-refractivity contribution in [2.45, 2.75) is 25.8 Å². The first-order chi connectivity index (χ1) is 6.19. The minimum absolute atomic E-state index is 0.0570. The van der Waals surface area contributed by atoms with Crippen LogP contribution >= 0.6 is 0 Å². The number of amides is 1. The monoisotopic (exact) mass is 222 g/mol. The number of hydrogen-bond acceptors (Lipinski definition) is 4. The van der Waals surface area contributed by atoms with Crippen LogP contribution in [0.5, 0.6) is 0 Å². The largest absolute Gasteiger partial charge is 0.353 e. The van der Waals surface area contributed by atoms with Crippen molar-refractivity contribution < 1.29 is 13.2 Å². The molecule has 0 saturated heterocycles. The van der Waals surface area contributed by atoms with Gasteiger partial charge in [-0.2, -0.15) is 0 Å². The summed E-state index contributed by atoms with van der Waals surface area (Å²) in [4.78, 5) is 11.4. The van der Waals surface area contributed by atoms with Crippen molar-refractivity contribution >= 4 is 15.7 Å². The molecule has 0 heterocycles. The Morgan fingerprint density at radius 1 is 1.50 bits per heavy atom. The fraction of sp³-hybridized carbons (Fsp3) is 0.875. The standard InChI is InChI=1S/C8H18N2O3S/c1-4-8(2,9)7(11)10-5-6-14(3,12)13/h4-6,9H2,1-3H3,(H,10,11). The van der Waals surface area contributed by atoms with Gasteiger partial charge in [-0.25, -0.2) is 8.42 Å². The van der Waals surface area contributed by atoms with Crippen LogP contribution in [0.2, 0.25) is 0 Å². The molecule has 6 heteroatoms. The van der Waals surface area contributed by atoms with Crippen molar-refractivity contribution in [1.29, 1.82) is 0 Å². The van der Waals surface area contributed by atoms with Gasteiger partial charge in [-0.05, 0) is 13.3 Å². The van der Waals surface area contributed by atoms with Gasteiger partial charge in [0.05, 0.1) is 11.3 Å². The molecule has 84 valence electrons. The zero-order valence-electron chi connectivity index (χ0n) is 8.83. The van der Waals surface area contributed by atoms with Gasteiger partial charge in [0.25, 0.3) is 0 Å². The van der Waals surface area contributed by atoms with Crippen molar-refractivity contribution in [2.75, 3.05) is 18.6 Å². The fourth-order valence-electron chi connectivity index (χ4n) is 0.712. The number of nitrogens with two attached hydrogens (primary N) is 1. The number of hydrogen-bond donors (Lipinski definition) is 2. The number of sulfone groups is 1. The third-order valence-corrected chi connectivity index (χ3v) is 2.96. The van der Waals surface area contributed by atoms with Crippen molar-refractivity contribution in [3.8, 4) is 0 Å². The van der Waals surface area contributed by atoms with E-state index in [-0.39, 0.29) is 18.2 Å². The lowest BCUT2D eigenvalue weighted by molar-refractivity contribution is -0.125. The van der Waals surface area contributed by atoms with Gasteiger partial charge < -0.3 is 11.1 Å². The third-order valence-electron chi connectivity index (χ3n) is 2.01. The van der Waals surface area contributed by atoms with E-state index in [9.17, 15) is 13.2 Å². The van der Waals surface area contributed by atoms with E-state index in [1.165, 1.54) is 0 Å². The molecule has 5 nitrogen and oxygen atoms in total. The molecular formula is C8H18N2O3S. The second-order valence-corrected chi connectivity index (χ2v) is 5.92. The highest BCUT2D eigenvalue weighted by molar-refractivity contribution is 7.90. The molecule has 0 saturated carbocycles. The molecule has 14 heavy (non-hydrogen) atoms. The molecule has 0 aromatic heterocycles. The highest BCUT2D eigenvalue weighted by Crippen LogP contribution is 2.03. The summed E-state index contributed by atoms with van der Waals surface area (Å²) < 4.78 is 21.5. The summed E-state index contributed by atoms with van der Waals surface area (Å²) >= 11 is 0. The molecule has 0 aliphatic heterocycles. The quantitative estimate of drug-likeness (QED) is 0.642. The Hall–Kier alpha value is -0.620. The van der Waals surface area contributed by atoms with Gasteiger partial charge in [-0.15, -0.1) is 0 Å². The molecule has 0 rings (SSSR count). The SMILES string of the molecule is CCC(C)(N)C(=O)NCCS(C)(=O)=O. The summed E-state index contributed by atoms with van der Waals surface area (Å²) in [5, 5.41) is 2.49. The lowest BCUT2D eigenvalue weighted by atomic mass is 10.00. The Bertz CT molecular complexity index is 296. The Morgan fingerprint density at radius 3 is 2.36 bits per heavy atom. The number of rotatable bonds is 5. The molecule has 0 fully saturated rings. The second-order valence-electron chi connectivity index (χ2n) is 3.66.